The van der Waals surface area contributed by atoms with Gasteiger partial charge in [0.05, 0.1) is 6.54 Å². The minimum absolute atomic E-state index is 0.0317. The lowest BCUT2D eigenvalue weighted by Crippen LogP contribution is -2.34. The first-order valence-electron chi connectivity index (χ1n) is 8.08. The molecule has 8 heteroatoms. The van der Waals surface area contributed by atoms with E-state index in [9.17, 15) is 9.18 Å². The number of hydrogen-bond donors (Lipinski definition) is 0. The van der Waals surface area contributed by atoms with Gasteiger partial charge in [-0.05, 0) is 17.3 Å². The van der Waals surface area contributed by atoms with Gasteiger partial charge in [0.25, 0.3) is 0 Å². The summed E-state index contributed by atoms with van der Waals surface area (Å²) < 4.78 is 18.8. The van der Waals surface area contributed by atoms with Gasteiger partial charge < -0.3 is 9.64 Å². The molecule has 0 N–H and O–H groups in total. The number of tetrazole rings is 1. The summed E-state index contributed by atoms with van der Waals surface area (Å²) in [4.78, 5) is 15.0. The summed E-state index contributed by atoms with van der Waals surface area (Å²) in [6.45, 7) is 0.465. The number of ether oxygens (including phenoxy) is 1. The van der Waals surface area contributed by atoms with Crippen molar-refractivity contribution < 1.29 is 13.9 Å². The lowest BCUT2D eigenvalue weighted by Gasteiger charge is -2.17. The molecule has 0 radical (unpaired) electrons. The van der Waals surface area contributed by atoms with Gasteiger partial charge in [-0.1, -0.05) is 42.5 Å². The van der Waals surface area contributed by atoms with E-state index in [4.69, 9.17) is 4.74 Å². The van der Waals surface area contributed by atoms with Gasteiger partial charge in [0.1, 0.15) is 13.2 Å². The van der Waals surface area contributed by atoms with Crippen LogP contribution in [0, 0.1) is 5.82 Å². The number of rotatable bonds is 7. The molecular formula is C18H18FN5O2. The summed E-state index contributed by atoms with van der Waals surface area (Å²) in [5, 5.41) is 12.1. The zero-order valence-corrected chi connectivity index (χ0v) is 14.2. The summed E-state index contributed by atoms with van der Waals surface area (Å²) in [6.07, 6.45) is 0. The molecule has 26 heavy (non-hydrogen) atoms. The molecule has 134 valence electrons. The van der Waals surface area contributed by atoms with Crippen LogP contribution in [0.3, 0.4) is 0 Å². The number of hydrogen-bond acceptors (Lipinski definition) is 5. The van der Waals surface area contributed by atoms with Crippen molar-refractivity contribution in [3.8, 4) is 17.1 Å². The number of nitrogens with zero attached hydrogens (tertiary/aromatic N) is 5. The molecule has 0 fully saturated rings. The summed E-state index contributed by atoms with van der Waals surface area (Å²) in [5.74, 6) is 0.00335. The molecule has 0 saturated carbocycles. The normalized spacial score (nSPS) is 10.5. The number of amides is 1. The monoisotopic (exact) mass is 355 g/mol. The smallest absolute Gasteiger partial charge is 0.246 e. The molecule has 7 nitrogen and oxygen atoms in total. The first-order chi connectivity index (χ1) is 12.6. The summed E-state index contributed by atoms with van der Waals surface area (Å²) >= 11 is 0. The largest absolute Gasteiger partial charge is 0.489 e. The number of para-hydroxylation sites is 1. The van der Waals surface area contributed by atoms with Gasteiger partial charge in [-0.15, -0.1) is 10.2 Å². The van der Waals surface area contributed by atoms with Gasteiger partial charge >= 0.3 is 0 Å². The van der Waals surface area contributed by atoms with Crippen LogP contribution in [0.1, 0.15) is 0 Å². The Hall–Kier alpha value is -3.29. The molecule has 3 aromatic rings. The molecule has 2 aromatic carbocycles. The highest BCUT2D eigenvalue weighted by atomic mass is 19.1. The zero-order chi connectivity index (χ0) is 18.4. The number of benzene rings is 2. The molecule has 0 unspecified atom stereocenters. The lowest BCUT2D eigenvalue weighted by molar-refractivity contribution is -0.131. The fourth-order valence-electron chi connectivity index (χ4n) is 2.23. The predicted octanol–water partition coefficient (Wildman–Crippen LogP) is 2.02. The third kappa shape index (κ3) is 4.41. The van der Waals surface area contributed by atoms with Crippen molar-refractivity contribution in [1.29, 1.82) is 0 Å². The van der Waals surface area contributed by atoms with Crippen molar-refractivity contribution in [2.45, 2.75) is 6.54 Å². The fraction of sp³-hybridized carbons (Fsp3) is 0.222. The predicted molar refractivity (Wildman–Crippen MR) is 92.8 cm³/mol. The average Bonchev–Trinajstić information content (AvgIpc) is 3.12. The van der Waals surface area contributed by atoms with Crippen LogP contribution in [0.15, 0.2) is 54.6 Å². The first-order valence-corrected chi connectivity index (χ1v) is 8.08. The molecule has 0 spiro atoms. The minimum Gasteiger partial charge on any atom is -0.489 e. The summed E-state index contributed by atoms with van der Waals surface area (Å²) in [6, 6.07) is 15.5. The van der Waals surface area contributed by atoms with Crippen LogP contribution in [-0.4, -0.2) is 51.2 Å². The Labute approximate surface area is 150 Å². The van der Waals surface area contributed by atoms with Gasteiger partial charge in [0.2, 0.25) is 11.7 Å². The van der Waals surface area contributed by atoms with E-state index in [1.807, 2.05) is 30.3 Å². The van der Waals surface area contributed by atoms with Crippen molar-refractivity contribution in [2.75, 3.05) is 20.2 Å². The van der Waals surface area contributed by atoms with Crippen molar-refractivity contribution >= 4 is 5.91 Å². The Balaban J connectivity index is 1.50. The third-order valence-electron chi connectivity index (χ3n) is 3.71. The topological polar surface area (TPSA) is 73.1 Å². The van der Waals surface area contributed by atoms with Crippen LogP contribution in [-0.2, 0) is 11.3 Å². The summed E-state index contributed by atoms with van der Waals surface area (Å²) in [7, 11) is 1.64. The number of carbonyl (C=O) groups is 1. The maximum atomic E-state index is 13.5. The van der Waals surface area contributed by atoms with Crippen LogP contribution < -0.4 is 4.74 Å². The molecule has 0 aliphatic rings. The van der Waals surface area contributed by atoms with Gasteiger partial charge in [-0.25, -0.2) is 4.39 Å². The standard InChI is InChI=1S/C18H18FN5O2/c1-23(11-12-26-16-10-6-5-9-15(16)19)17(25)13-24-21-18(20-22-24)14-7-3-2-4-8-14/h2-10H,11-13H2,1H3. The second kappa shape index (κ2) is 8.19. The number of likely N-dealkylation sites (N-methyl/N-ethyl adjacent to an activating group) is 1. The molecule has 1 amide bonds. The minimum atomic E-state index is -0.429. The van der Waals surface area contributed by atoms with E-state index in [1.165, 1.54) is 15.8 Å². The van der Waals surface area contributed by atoms with Gasteiger partial charge in [0.15, 0.2) is 11.6 Å². The molecule has 0 saturated heterocycles. The molecule has 0 bridgehead atoms. The zero-order valence-electron chi connectivity index (χ0n) is 14.2. The number of aromatic nitrogens is 4. The van der Waals surface area contributed by atoms with E-state index in [2.05, 4.69) is 15.4 Å². The van der Waals surface area contributed by atoms with Crippen molar-refractivity contribution in [3.63, 3.8) is 0 Å². The lowest BCUT2D eigenvalue weighted by atomic mass is 10.2. The second-order valence-corrected chi connectivity index (χ2v) is 5.60. The van der Waals surface area contributed by atoms with E-state index in [0.717, 1.165) is 5.56 Å². The molecule has 0 atom stereocenters. The Kier molecular flexibility index (Phi) is 5.52. The van der Waals surface area contributed by atoms with E-state index in [0.29, 0.717) is 12.4 Å². The van der Waals surface area contributed by atoms with Gasteiger partial charge in [0, 0.05) is 12.6 Å². The quantitative estimate of drug-likeness (QED) is 0.648. The SMILES string of the molecule is CN(CCOc1ccccc1F)C(=O)Cn1nnc(-c2ccccc2)n1. The highest BCUT2D eigenvalue weighted by Gasteiger charge is 2.13. The fourth-order valence-corrected chi connectivity index (χ4v) is 2.23. The second-order valence-electron chi connectivity index (χ2n) is 5.60. The van der Waals surface area contributed by atoms with Crippen LogP contribution in [0.25, 0.3) is 11.4 Å². The molecule has 1 aromatic heterocycles. The Bertz CT molecular complexity index is 869. The van der Waals surface area contributed by atoms with Gasteiger partial charge in [-0.3, -0.25) is 4.79 Å². The van der Waals surface area contributed by atoms with E-state index in [-0.39, 0.29) is 24.8 Å². The third-order valence-corrected chi connectivity index (χ3v) is 3.71. The summed E-state index contributed by atoms with van der Waals surface area (Å²) in [5.41, 5.74) is 0.831. The molecule has 0 aliphatic carbocycles. The van der Waals surface area contributed by atoms with Crippen LogP contribution in [0.4, 0.5) is 4.39 Å². The number of halogens is 1. The van der Waals surface area contributed by atoms with Crippen LogP contribution in [0.5, 0.6) is 5.75 Å². The average molecular weight is 355 g/mol. The Morgan fingerprint density at radius 1 is 1.15 bits per heavy atom. The highest BCUT2D eigenvalue weighted by molar-refractivity contribution is 5.75. The first kappa shape index (κ1) is 17.5. The van der Waals surface area contributed by atoms with Crippen LogP contribution in [0.2, 0.25) is 0 Å². The van der Waals surface area contributed by atoms with Gasteiger partial charge in [-0.2, -0.15) is 4.80 Å². The Morgan fingerprint density at radius 3 is 2.65 bits per heavy atom. The molecule has 3 rings (SSSR count). The van der Waals surface area contributed by atoms with Crippen molar-refractivity contribution in [1.82, 2.24) is 25.1 Å². The van der Waals surface area contributed by atoms with Crippen LogP contribution >= 0.6 is 0 Å². The molecule has 1 heterocycles. The van der Waals surface area contributed by atoms with E-state index < -0.39 is 5.82 Å². The highest BCUT2D eigenvalue weighted by Crippen LogP contribution is 2.15. The molecule has 0 aliphatic heterocycles. The van der Waals surface area contributed by atoms with Crippen molar-refractivity contribution in [2.24, 2.45) is 0 Å². The maximum absolute atomic E-state index is 13.5. The van der Waals surface area contributed by atoms with E-state index in [1.54, 1.807) is 25.2 Å². The van der Waals surface area contributed by atoms with Crippen molar-refractivity contribution in [3.05, 3.63) is 60.4 Å². The molecular weight excluding hydrogens is 337 g/mol. The number of carbonyl (C=O) groups excluding carboxylic acids is 1. The maximum Gasteiger partial charge on any atom is 0.246 e. The van der Waals surface area contributed by atoms with E-state index >= 15 is 0 Å². The Morgan fingerprint density at radius 2 is 1.88 bits per heavy atom.